The summed E-state index contributed by atoms with van der Waals surface area (Å²) in [6, 6.07) is 4.77. The Labute approximate surface area is 111 Å². The molecule has 2 N–H and O–H groups in total. The second-order valence-corrected chi connectivity index (χ2v) is 6.09. The quantitative estimate of drug-likeness (QED) is 0.905. The Bertz CT molecular complexity index is 628. The normalized spacial score (nSPS) is 11.4. The van der Waals surface area contributed by atoms with Crippen LogP contribution in [0.3, 0.4) is 0 Å². The molecule has 0 atom stereocenters. The van der Waals surface area contributed by atoms with Crippen molar-refractivity contribution in [2.24, 2.45) is 0 Å². The molecule has 5 nitrogen and oxygen atoms in total. The molecule has 1 aromatic heterocycles. The first kappa shape index (κ1) is 12.4. The Kier molecular flexibility index (Phi) is 3.41. The van der Waals surface area contributed by atoms with Crippen LogP contribution in [0, 0.1) is 0 Å². The summed E-state index contributed by atoms with van der Waals surface area (Å²) in [4.78, 5) is 6.18. The van der Waals surface area contributed by atoms with Gasteiger partial charge in [0.2, 0.25) is 0 Å². The van der Waals surface area contributed by atoms with E-state index >= 15 is 0 Å². The van der Waals surface area contributed by atoms with Crippen molar-refractivity contribution in [3.05, 3.63) is 40.2 Å². The van der Waals surface area contributed by atoms with E-state index < -0.39 is 10.0 Å². The van der Waals surface area contributed by atoms with Gasteiger partial charge in [-0.15, -0.1) is 0 Å². The summed E-state index contributed by atoms with van der Waals surface area (Å²) in [7, 11) is -3.65. The molecule has 0 bridgehead atoms. The van der Waals surface area contributed by atoms with Gasteiger partial charge in [0.05, 0.1) is 18.2 Å². The van der Waals surface area contributed by atoms with E-state index in [1.54, 1.807) is 18.2 Å². The van der Waals surface area contributed by atoms with Crippen LogP contribution in [-0.4, -0.2) is 18.4 Å². The van der Waals surface area contributed by atoms with E-state index in [0.29, 0.717) is 15.2 Å². The number of hydrogen-bond donors (Lipinski definition) is 2. The van der Waals surface area contributed by atoms with Crippen LogP contribution in [0.25, 0.3) is 0 Å². The van der Waals surface area contributed by atoms with Crippen molar-refractivity contribution in [3.63, 3.8) is 0 Å². The van der Waals surface area contributed by atoms with E-state index in [2.05, 4.69) is 30.6 Å². The van der Waals surface area contributed by atoms with Crippen LogP contribution in [0.1, 0.15) is 0 Å². The lowest BCUT2D eigenvalue weighted by molar-refractivity contribution is 0.598. The Hall–Kier alpha value is -1.05. The highest BCUT2D eigenvalue weighted by Gasteiger charge is 2.16. The van der Waals surface area contributed by atoms with Crippen molar-refractivity contribution in [3.8, 4) is 0 Å². The highest BCUT2D eigenvalue weighted by atomic mass is 79.9. The Morgan fingerprint density at radius 2 is 2.18 bits per heavy atom. The van der Waals surface area contributed by atoms with Gasteiger partial charge in [0.15, 0.2) is 5.03 Å². The first-order valence-corrected chi connectivity index (χ1v) is 7.11. The number of nitrogens with zero attached hydrogens (tertiary/aromatic N) is 1. The Morgan fingerprint density at radius 3 is 2.76 bits per heavy atom. The number of rotatable bonds is 3. The monoisotopic (exact) mass is 335 g/mol. The van der Waals surface area contributed by atoms with Gasteiger partial charge in [-0.05, 0) is 34.1 Å². The second kappa shape index (κ2) is 4.67. The summed E-state index contributed by atoms with van der Waals surface area (Å²) in [5, 5.41) is 0.515. The zero-order valence-electron chi connectivity index (χ0n) is 8.31. The standard InChI is InChI=1S/C9H7BrClN3O2S/c10-7-3-6(11)1-2-8(7)14-17(15,16)9-4-12-5-13-9/h1-5,14H,(H,12,13). The topological polar surface area (TPSA) is 74.8 Å². The molecule has 17 heavy (non-hydrogen) atoms. The second-order valence-electron chi connectivity index (χ2n) is 3.15. The van der Waals surface area contributed by atoms with Crippen molar-refractivity contribution in [2.45, 2.75) is 5.03 Å². The average Bonchev–Trinajstić information content (AvgIpc) is 2.76. The lowest BCUT2D eigenvalue weighted by Crippen LogP contribution is -2.13. The van der Waals surface area contributed by atoms with E-state index in [9.17, 15) is 8.42 Å². The SMILES string of the molecule is O=S(=O)(Nc1ccc(Cl)cc1Br)c1cnc[nH]1. The fourth-order valence-electron chi connectivity index (χ4n) is 1.16. The Morgan fingerprint density at radius 1 is 1.41 bits per heavy atom. The summed E-state index contributed by atoms with van der Waals surface area (Å²) in [5.41, 5.74) is 0.406. The third-order valence-electron chi connectivity index (χ3n) is 1.94. The van der Waals surface area contributed by atoms with Crippen molar-refractivity contribution in [1.82, 2.24) is 9.97 Å². The molecule has 0 saturated carbocycles. The van der Waals surface area contributed by atoms with Gasteiger partial charge >= 0.3 is 0 Å². The minimum absolute atomic E-state index is 0.000602. The van der Waals surface area contributed by atoms with Crippen molar-refractivity contribution in [2.75, 3.05) is 4.72 Å². The molecule has 0 saturated heterocycles. The predicted octanol–water partition coefficient (Wildman–Crippen LogP) is 2.63. The van der Waals surface area contributed by atoms with Gasteiger partial charge in [0.1, 0.15) is 0 Å². The van der Waals surface area contributed by atoms with E-state index in [4.69, 9.17) is 11.6 Å². The molecular formula is C9H7BrClN3O2S. The number of aromatic amines is 1. The smallest absolute Gasteiger partial charge is 0.279 e. The van der Waals surface area contributed by atoms with Gasteiger partial charge < -0.3 is 4.98 Å². The largest absolute Gasteiger partial charge is 0.334 e. The van der Waals surface area contributed by atoms with Gasteiger partial charge in [-0.2, -0.15) is 8.42 Å². The van der Waals surface area contributed by atoms with Crippen LogP contribution in [0.2, 0.25) is 5.02 Å². The van der Waals surface area contributed by atoms with Crippen molar-refractivity contribution in [1.29, 1.82) is 0 Å². The zero-order chi connectivity index (χ0) is 12.5. The number of halogens is 2. The molecule has 1 aromatic carbocycles. The third kappa shape index (κ3) is 2.80. The third-order valence-corrected chi connectivity index (χ3v) is 4.12. The molecule has 0 radical (unpaired) electrons. The zero-order valence-corrected chi connectivity index (χ0v) is 11.5. The van der Waals surface area contributed by atoms with Crippen molar-refractivity contribution < 1.29 is 8.42 Å². The fourth-order valence-corrected chi connectivity index (χ4v) is 3.06. The molecule has 0 amide bonds. The lowest BCUT2D eigenvalue weighted by Gasteiger charge is -2.08. The minimum Gasteiger partial charge on any atom is -0.334 e. The van der Waals surface area contributed by atoms with Crippen molar-refractivity contribution >= 4 is 43.2 Å². The highest BCUT2D eigenvalue weighted by molar-refractivity contribution is 9.10. The molecule has 0 unspecified atom stereocenters. The molecule has 0 aliphatic rings. The first-order valence-electron chi connectivity index (χ1n) is 4.45. The summed E-state index contributed by atoms with van der Waals surface area (Å²) in [5.74, 6) is 0. The van der Waals surface area contributed by atoms with Gasteiger partial charge in [0.25, 0.3) is 10.0 Å². The maximum atomic E-state index is 11.9. The van der Waals surface area contributed by atoms with E-state index in [-0.39, 0.29) is 5.03 Å². The summed E-state index contributed by atoms with van der Waals surface area (Å²) in [6.45, 7) is 0. The van der Waals surface area contributed by atoms with Crippen LogP contribution in [0.4, 0.5) is 5.69 Å². The van der Waals surface area contributed by atoms with E-state index in [1.807, 2.05) is 0 Å². The summed E-state index contributed by atoms with van der Waals surface area (Å²) >= 11 is 8.99. The predicted molar refractivity (Wildman–Crippen MR) is 68.5 cm³/mol. The molecular weight excluding hydrogens is 330 g/mol. The molecule has 0 fully saturated rings. The van der Waals surface area contributed by atoms with Gasteiger partial charge in [-0.3, -0.25) is 4.72 Å². The molecule has 90 valence electrons. The summed E-state index contributed by atoms with van der Waals surface area (Å²) in [6.07, 6.45) is 2.53. The van der Waals surface area contributed by atoms with Gasteiger partial charge in [-0.25, -0.2) is 4.98 Å². The number of anilines is 1. The maximum absolute atomic E-state index is 11.9. The van der Waals surface area contributed by atoms with E-state index in [0.717, 1.165) is 0 Å². The number of nitrogens with one attached hydrogen (secondary N) is 2. The van der Waals surface area contributed by atoms with Gasteiger partial charge in [0, 0.05) is 9.50 Å². The molecule has 0 aliphatic heterocycles. The maximum Gasteiger partial charge on any atom is 0.279 e. The highest BCUT2D eigenvalue weighted by Crippen LogP contribution is 2.27. The number of hydrogen-bond acceptors (Lipinski definition) is 3. The van der Waals surface area contributed by atoms with Crippen LogP contribution in [0.5, 0.6) is 0 Å². The number of aromatic nitrogens is 2. The van der Waals surface area contributed by atoms with E-state index in [1.165, 1.54) is 12.5 Å². The Balaban J connectivity index is 2.33. The van der Waals surface area contributed by atoms with Crippen LogP contribution in [-0.2, 0) is 10.0 Å². The first-order chi connectivity index (χ1) is 7.99. The molecule has 2 aromatic rings. The summed E-state index contributed by atoms with van der Waals surface area (Å²) < 4.78 is 26.7. The molecule has 0 aliphatic carbocycles. The molecule has 2 rings (SSSR count). The lowest BCUT2D eigenvalue weighted by atomic mass is 10.3. The number of imidazole rings is 1. The van der Waals surface area contributed by atoms with Crippen LogP contribution >= 0.6 is 27.5 Å². The van der Waals surface area contributed by atoms with Crippen LogP contribution < -0.4 is 4.72 Å². The van der Waals surface area contributed by atoms with Crippen LogP contribution in [0.15, 0.2) is 40.2 Å². The fraction of sp³-hybridized carbons (Fsp3) is 0. The minimum atomic E-state index is -3.65. The van der Waals surface area contributed by atoms with Gasteiger partial charge in [-0.1, -0.05) is 11.6 Å². The molecule has 1 heterocycles. The average molecular weight is 337 g/mol. The molecule has 8 heteroatoms. The number of sulfonamides is 1. The number of H-pyrrole nitrogens is 1. The molecule has 0 spiro atoms. The number of benzene rings is 1.